The minimum Gasteiger partial charge on any atom is -0.396 e. The topological polar surface area (TPSA) is 65.5 Å². The second-order valence-corrected chi connectivity index (χ2v) is 6.72. The van der Waals surface area contributed by atoms with E-state index in [9.17, 15) is 4.79 Å². The van der Waals surface area contributed by atoms with Crippen molar-refractivity contribution >= 4 is 16.8 Å². The zero-order valence-electron chi connectivity index (χ0n) is 14.7. The van der Waals surface area contributed by atoms with Crippen molar-refractivity contribution < 1.29 is 9.90 Å². The number of benzene rings is 1. The number of pyridine rings is 1. The Morgan fingerprint density at radius 2 is 2.20 bits per heavy atom. The van der Waals surface area contributed by atoms with E-state index in [0.29, 0.717) is 19.1 Å². The number of aliphatic hydroxyl groups excluding tert-OH is 1. The van der Waals surface area contributed by atoms with Crippen LogP contribution in [0.3, 0.4) is 0 Å². The third kappa shape index (κ3) is 4.77. The Balaban J connectivity index is 1.47. The number of hydrogen-bond donors (Lipinski definition) is 2. The highest BCUT2D eigenvalue weighted by Crippen LogP contribution is 2.20. The van der Waals surface area contributed by atoms with Crippen LogP contribution in [0.15, 0.2) is 36.5 Å². The molecule has 1 amide bonds. The van der Waals surface area contributed by atoms with Gasteiger partial charge in [0, 0.05) is 30.8 Å². The maximum absolute atomic E-state index is 12.3. The molecule has 2 heterocycles. The molecule has 0 aliphatic carbocycles. The number of para-hydroxylation sites is 1. The Morgan fingerprint density at radius 3 is 3.08 bits per heavy atom. The number of nitrogens with one attached hydrogen (secondary N) is 1. The van der Waals surface area contributed by atoms with Gasteiger partial charge in [-0.15, -0.1) is 0 Å². The molecule has 5 heteroatoms. The molecule has 134 valence electrons. The smallest absolute Gasteiger partial charge is 0.234 e. The van der Waals surface area contributed by atoms with Crippen molar-refractivity contribution in [1.82, 2.24) is 15.2 Å². The summed E-state index contributed by atoms with van der Waals surface area (Å²) < 4.78 is 0. The molecule has 5 nitrogen and oxygen atoms in total. The molecule has 1 atom stereocenters. The Bertz CT molecular complexity index is 699. The second-order valence-electron chi connectivity index (χ2n) is 6.72. The Labute approximate surface area is 149 Å². The zero-order chi connectivity index (χ0) is 17.5. The normalized spacial score (nSPS) is 17.9. The van der Waals surface area contributed by atoms with E-state index in [1.54, 1.807) is 0 Å². The molecule has 1 saturated heterocycles. The fraction of sp³-hybridized carbons (Fsp3) is 0.500. The average Bonchev–Trinajstić information content (AvgIpc) is 3.07. The molecule has 1 fully saturated rings. The number of amides is 1. The van der Waals surface area contributed by atoms with E-state index in [1.165, 1.54) is 5.56 Å². The third-order valence-electron chi connectivity index (χ3n) is 4.97. The van der Waals surface area contributed by atoms with Crippen LogP contribution in [0.5, 0.6) is 0 Å². The minimum atomic E-state index is 0.0871. The predicted octanol–water partition coefficient (Wildman–Crippen LogP) is 2.13. The van der Waals surface area contributed by atoms with E-state index < -0.39 is 0 Å². The first-order chi connectivity index (χ1) is 12.3. The Kier molecular flexibility index (Phi) is 6.36. The molecule has 2 N–H and O–H groups in total. The van der Waals surface area contributed by atoms with Crippen molar-refractivity contribution in [1.29, 1.82) is 0 Å². The molecule has 0 saturated carbocycles. The number of aliphatic hydroxyl groups is 1. The van der Waals surface area contributed by atoms with Gasteiger partial charge < -0.3 is 10.4 Å². The van der Waals surface area contributed by atoms with Gasteiger partial charge in [-0.05, 0) is 50.3 Å². The Hall–Kier alpha value is -1.98. The van der Waals surface area contributed by atoms with Crippen LogP contribution in [0.2, 0.25) is 0 Å². The predicted molar refractivity (Wildman–Crippen MR) is 99.4 cm³/mol. The molecule has 0 spiro atoms. The number of nitrogens with zero attached hydrogens (tertiary/aromatic N) is 2. The minimum absolute atomic E-state index is 0.0871. The monoisotopic (exact) mass is 341 g/mol. The number of likely N-dealkylation sites (tertiary alicyclic amines) is 1. The first kappa shape index (κ1) is 17.8. The summed E-state index contributed by atoms with van der Waals surface area (Å²) in [5, 5.41) is 13.2. The van der Waals surface area contributed by atoms with Crippen LogP contribution in [0.25, 0.3) is 10.9 Å². The largest absolute Gasteiger partial charge is 0.396 e. The molecule has 0 bridgehead atoms. The van der Waals surface area contributed by atoms with E-state index in [-0.39, 0.29) is 12.5 Å². The van der Waals surface area contributed by atoms with Crippen molar-refractivity contribution in [3.05, 3.63) is 42.1 Å². The lowest BCUT2D eigenvalue weighted by atomic mass is 10.1. The van der Waals surface area contributed by atoms with E-state index in [1.807, 2.05) is 18.3 Å². The average molecular weight is 341 g/mol. The summed E-state index contributed by atoms with van der Waals surface area (Å²) in [4.78, 5) is 19.0. The Morgan fingerprint density at radius 1 is 1.32 bits per heavy atom. The van der Waals surface area contributed by atoms with Crippen molar-refractivity contribution in [2.45, 2.75) is 38.1 Å². The van der Waals surface area contributed by atoms with E-state index in [2.05, 4.69) is 33.4 Å². The van der Waals surface area contributed by atoms with Crippen LogP contribution in [-0.2, 0) is 11.2 Å². The van der Waals surface area contributed by atoms with Gasteiger partial charge in [0.2, 0.25) is 5.91 Å². The number of carbonyl (C=O) groups excluding carboxylic acids is 1. The molecule has 1 unspecified atom stereocenters. The molecule has 0 radical (unpaired) electrons. The SMILES string of the molecule is O=C(CN1CCCC1CCCO)NCCc1cccc2cccnc12. The third-order valence-corrected chi connectivity index (χ3v) is 4.97. The quantitative estimate of drug-likeness (QED) is 0.772. The highest BCUT2D eigenvalue weighted by atomic mass is 16.3. The van der Waals surface area contributed by atoms with Gasteiger partial charge >= 0.3 is 0 Å². The van der Waals surface area contributed by atoms with Gasteiger partial charge in [0.25, 0.3) is 0 Å². The van der Waals surface area contributed by atoms with Gasteiger partial charge in [0.1, 0.15) is 0 Å². The van der Waals surface area contributed by atoms with Crippen LogP contribution in [0, 0.1) is 0 Å². The van der Waals surface area contributed by atoms with Crippen molar-refractivity contribution in [2.75, 3.05) is 26.2 Å². The molecular formula is C20H27N3O2. The lowest BCUT2D eigenvalue weighted by Crippen LogP contribution is -2.40. The van der Waals surface area contributed by atoms with Gasteiger partial charge in [-0.1, -0.05) is 24.3 Å². The molecular weight excluding hydrogens is 314 g/mol. The zero-order valence-corrected chi connectivity index (χ0v) is 14.7. The summed E-state index contributed by atoms with van der Waals surface area (Å²) in [6.45, 7) is 2.31. The molecule has 25 heavy (non-hydrogen) atoms. The number of rotatable bonds is 8. The van der Waals surface area contributed by atoms with Crippen molar-refractivity contribution in [2.24, 2.45) is 0 Å². The maximum atomic E-state index is 12.3. The van der Waals surface area contributed by atoms with E-state index in [4.69, 9.17) is 5.11 Å². The lowest BCUT2D eigenvalue weighted by Gasteiger charge is -2.23. The molecule has 2 aromatic rings. The van der Waals surface area contributed by atoms with E-state index in [0.717, 1.165) is 49.6 Å². The molecule has 1 aromatic carbocycles. The molecule has 1 aromatic heterocycles. The summed E-state index contributed by atoms with van der Waals surface area (Å²) in [7, 11) is 0. The van der Waals surface area contributed by atoms with Crippen LogP contribution in [0.4, 0.5) is 0 Å². The second kappa shape index (κ2) is 8.92. The van der Waals surface area contributed by atoms with Gasteiger partial charge in [0.05, 0.1) is 12.1 Å². The fourth-order valence-corrected chi connectivity index (χ4v) is 3.70. The van der Waals surface area contributed by atoms with E-state index >= 15 is 0 Å². The summed E-state index contributed by atoms with van der Waals surface area (Å²) in [5.41, 5.74) is 2.18. The standard InChI is InChI=1S/C20H27N3O2/c24-14-4-9-18-8-3-13-23(18)15-19(25)21-12-10-17-6-1-5-16-7-2-11-22-20(16)17/h1-2,5-7,11,18,24H,3-4,8-10,12-15H2,(H,21,25). The summed E-state index contributed by atoms with van der Waals surface area (Å²) >= 11 is 0. The first-order valence-corrected chi connectivity index (χ1v) is 9.22. The van der Waals surface area contributed by atoms with Crippen molar-refractivity contribution in [3.63, 3.8) is 0 Å². The molecule has 1 aliphatic rings. The van der Waals surface area contributed by atoms with Gasteiger partial charge in [-0.25, -0.2) is 0 Å². The first-order valence-electron chi connectivity index (χ1n) is 9.22. The van der Waals surface area contributed by atoms with Crippen LogP contribution >= 0.6 is 0 Å². The summed E-state index contributed by atoms with van der Waals surface area (Å²) in [6.07, 6.45) is 6.67. The van der Waals surface area contributed by atoms with Crippen LogP contribution in [0.1, 0.15) is 31.2 Å². The van der Waals surface area contributed by atoms with Crippen LogP contribution in [-0.4, -0.2) is 53.2 Å². The fourth-order valence-electron chi connectivity index (χ4n) is 3.70. The van der Waals surface area contributed by atoms with Crippen LogP contribution < -0.4 is 5.32 Å². The van der Waals surface area contributed by atoms with Gasteiger partial charge in [0.15, 0.2) is 0 Å². The van der Waals surface area contributed by atoms with Crippen molar-refractivity contribution in [3.8, 4) is 0 Å². The number of hydrogen-bond acceptors (Lipinski definition) is 4. The number of fused-ring (bicyclic) bond motifs is 1. The number of carbonyl (C=O) groups is 1. The van der Waals surface area contributed by atoms with Gasteiger partial charge in [-0.2, -0.15) is 0 Å². The summed E-state index contributed by atoms with van der Waals surface area (Å²) in [6, 6.07) is 10.6. The van der Waals surface area contributed by atoms with Gasteiger partial charge in [-0.3, -0.25) is 14.7 Å². The number of aromatic nitrogens is 1. The highest BCUT2D eigenvalue weighted by molar-refractivity contribution is 5.82. The molecule has 3 rings (SSSR count). The maximum Gasteiger partial charge on any atom is 0.234 e. The highest BCUT2D eigenvalue weighted by Gasteiger charge is 2.25. The summed E-state index contributed by atoms with van der Waals surface area (Å²) in [5.74, 6) is 0.0871. The lowest BCUT2D eigenvalue weighted by molar-refractivity contribution is -0.122. The molecule has 1 aliphatic heterocycles.